The number of carboxylic acids is 2. The molecule has 0 heterocycles. The first-order valence-corrected chi connectivity index (χ1v) is 18.7. The van der Waals surface area contributed by atoms with E-state index in [1.165, 1.54) is 0 Å². The number of benzene rings is 1. The minimum atomic E-state index is -2.39. The lowest BCUT2D eigenvalue weighted by Gasteiger charge is -2.26. The summed E-state index contributed by atoms with van der Waals surface area (Å²) in [6.45, 7) is 13.8. The highest BCUT2D eigenvalue weighted by Crippen LogP contribution is 2.20. The van der Waals surface area contributed by atoms with Gasteiger partial charge in [-0.25, -0.2) is 9.59 Å². The van der Waals surface area contributed by atoms with Gasteiger partial charge in [0.1, 0.15) is 0 Å². The SMILES string of the molecule is CCO[Si](C)(CCCNC(=O)c1cc(C(=O)O)c(C(=O)NCCC[Si](C)(OCC)OCC)cc1C(=O)O)OCC. The summed E-state index contributed by atoms with van der Waals surface area (Å²) >= 11 is 0. The first kappa shape index (κ1) is 35.4. The molecule has 0 saturated heterocycles. The van der Waals surface area contributed by atoms with E-state index in [4.69, 9.17) is 17.7 Å². The molecular weight excluding hydrogens is 556 g/mol. The molecule has 1 rings (SSSR count). The summed E-state index contributed by atoms with van der Waals surface area (Å²) in [5.74, 6) is -4.42. The molecule has 0 atom stereocenters. The van der Waals surface area contributed by atoms with Crippen molar-refractivity contribution in [3.8, 4) is 0 Å². The van der Waals surface area contributed by atoms with E-state index in [9.17, 15) is 29.4 Å². The number of carbonyl (C=O) groups excluding carboxylic acids is 2. The predicted octanol–water partition coefficient (Wildman–Crippen LogP) is 3.61. The van der Waals surface area contributed by atoms with Crippen LogP contribution < -0.4 is 10.6 Å². The quantitative estimate of drug-likeness (QED) is 0.128. The van der Waals surface area contributed by atoms with Gasteiger partial charge in [0.15, 0.2) is 0 Å². The third-order valence-electron chi connectivity index (χ3n) is 6.09. The van der Waals surface area contributed by atoms with Gasteiger partial charge in [-0.2, -0.15) is 0 Å². The number of carbonyl (C=O) groups is 4. The zero-order chi connectivity index (χ0) is 30.3. The van der Waals surface area contributed by atoms with Gasteiger partial charge in [-0.05, 0) is 77.9 Å². The molecule has 0 spiro atoms. The van der Waals surface area contributed by atoms with Crippen molar-refractivity contribution in [1.29, 1.82) is 0 Å². The summed E-state index contributed by atoms with van der Waals surface area (Å²) in [5.41, 5.74) is -1.62. The lowest BCUT2D eigenvalue weighted by atomic mass is 9.97. The molecule has 40 heavy (non-hydrogen) atoms. The zero-order valence-corrected chi connectivity index (χ0v) is 26.4. The number of hydrogen-bond acceptors (Lipinski definition) is 8. The van der Waals surface area contributed by atoms with Crippen molar-refractivity contribution in [3.63, 3.8) is 0 Å². The van der Waals surface area contributed by atoms with E-state index in [0.717, 1.165) is 12.1 Å². The number of hydrogen-bond donors (Lipinski definition) is 4. The Labute approximate surface area is 238 Å². The number of aromatic carboxylic acids is 2. The van der Waals surface area contributed by atoms with Crippen molar-refractivity contribution in [2.24, 2.45) is 0 Å². The highest BCUT2D eigenvalue weighted by Gasteiger charge is 2.31. The van der Waals surface area contributed by atoms with Crippen LogP contribution in [0.4, 0.5) is 0 Å². The van der Waals surface area contributed by atoms with Crippen LogP contribution in [0.2, 0.25) is 25.2 Å². The van der Waals surface area contributed by atoms with Crippen LogP contribution in [0.1, 0.15) is 82.0 Å². The molecule has 0 aliphatic heterocycles. The number of carboxylic acid groups (broad SMARTS) is 2. The summed E-state index contributed by atoms with van der Waals surface area (Å²) in [6.07, 6.45) is 1.05. The van der Waals surface area contributed by atoms with E-state index < -0.39 is 52.0 Å². The molecule has 0 radical (unpaired) electrons. The molecule has 0 aliphatic carbocycles. The fourth-order valence-electron chi connectivity index (χ4n) is 4.34. The number of nitrogens with one attached hydrogen (secondary N) is 2. The van der Waals surface area contributed by atoms with Gasteiger partial charge in [-0.3, -0.25) is 9.59 Å². The van der Waals surface area contributed by atoms with Crippen LogP contribution in [0.3, 0.4) is 0 Å². The van der Waals surface area contributed by atoms with E-state index in [1.54, 1.807) is 0 Å². The normalized spacial score (nSPS) is 11.8. The highest BCUT2D eigenvalue weighted by molar-refractivity contribution is 6.66. The highest BCUT2D eigenvalue weighted by atomic mass is 28.4. The Balaban J connectivity index is 3.00. The summed E-state index contributed by atoms with van der Waals surface area (Å²) in [7, 11) is -4.77. The van der Waals surface area contributed by atoms with Crippen molar-refractivity contribution >= 4 is 40.9 Å². The topological polar surface area (TPSA) is 170 Å². The Bertz CT molecular complexity index is 930. The maximum absolute atomic E-state index is 12.9. The second-order valence-electron chi connectivity index (χ2n) is 9.27. The monoisotopic (exact) mass is 600 g/mol. The first-order valence-electron chi connectivity index (χ1n) is 13.6. The van der Waals surface area contributed by atoms with Gasteiger partial charge in [0.2, 0.25) is 0 Å². The van der Waals surface area contributed by atoms with Crippen LogP contribution in [0.5, 0.6) is 0 Å². The predicted molar refractivity (Wildman–Crippen MR) is 154 cm³/mol. The van der Waals surface area contributed by atoms with Gasteiger partial charge in [0.25, 0.3) is 11.8 Å². The first-order chi connectivity index (χ1) is 18.9. The van der Waals surface area contributed by atoms with Crippen molar-refractivity contribution in [2.45, 2.75) is 65.7 Å². The molecule has 4 N–H and O–H groups in total. The summed E-state index contributed by atoms with van der Waals surface area (Å²) in [4.78, 5) is 49.7. The molecule has 0 aromatic heterocycles. The standard InChI is InChI=1S/C26H44N2O10Si2/c1-7-35-39(5,36-8-2)15-11-13-27-23(29)19-17-22(26(33)34)20(18-21(19)25(31)32)24(30)28-14-12-16-40(6,37-9-3)38-10-4/h17-18H,7-16H2,1-6H3,(H,27,29)(H,28,30)(H,31,32)(H,33,34). The molecule has 226 valence electrons. The van der Waals surface area contributed by atoms with Gasteiger partial charge in [0, 0.05) is 39.5 Å². The Kier molecular flexibility index (Phi) is 15.3. The van der Waals surface area contributed by atoms with Gasteiger partial charge in [0.05, 0.1) is 22.3 Å². The number of rotatable bonds is 20. The van der Waals surface area contributed by atoms with E-state index in [-0.39, 0.29) is 24.2 Å². The molecule has 12 nitrogen and oxygen atoms in total. The maximum atomic E-state index is 12.9. The van der Waals surface area contributed by atoms with E-state index in [0.29, 0.717) is 51.4 Å². The summed E-state index contributed by atoms with van der Waals surface area (Å²) < 4.78 is 23.1. The maximum Gasteiger partial charge on any atom is 0.336 e. The minimum absolute atomic E-state index is 0.205. The summed E-state index contributed by atoms with van der Waals surface area (Å²) in [5, 5.41) is 24.8. The zero-order valence-electron chi connectivity index (χ0n) is 24.4. The largest absolute Gasteiger partial charge is 0.478 e. The fraction of sp³-hybridized carbons (Fsp3) is 0.615. The Morgan fingerprint density at radius 2 is 0.925 bits per heavy atom. The lowest BCUT2D eigenvalue weighted by molar-refractivity contribution is 0.0675. The van der Waals surface area contributed by atoms with Crippen molar-refractivity contribution in [3.05, 3.63) is 34.4 Å². The fourth-order valence-corrected chi connectivity index (χ4v) is 9.16. The van der Waals surface area contributed by atoms with E-state index in [2.05, 4.69) is 10.6 Å². The molecule has 1 aromatic rings. The van der Waals surface area contributed by atoms with Crippen LogP contribution in [-0.4, -0.2) is 90.6 Å². The van der Waals surface area contributed by atoms with Crippen LogP contribution in [0, 0.1) is 0 Å². The van der Waals surface area contributed by atoms with Crippen LogP contribution in [0.25, 0.3) is 0 Å². The Morgan fingerprint density at radius 3 is 1.18 bits per heavy atom. The molecule has 0 aliphatic rings. The Morgan fingerprint density at radius 1 is 0.625 bits per heavy atom. The molecule has 0 fully saturated rings. The summed E-state index contributed by atoms with van der Waals surface area (Å²) in [6, 6.07) is 3.08. The van der Waals surface area contributed by atoms with E-state index >= 15 is 0 Å². The molecule has 0 bridgehead atoms. The van der Waals surface area contributed by atoms with Crippen LogP contribution in [-0.2, 0) is 17.7 Å². The van der Waals surface area contributed by atoms with Crippen molar-refractivity contribution in [2.75, 3.05) is 39.5 Å². The third kappa shape index (κ3) is 11.1. The lowest BCUT2D eigenvalue weighted by Crippen LogP contribution is -2.39. The van der Waals surface area contributed by atoms with Crippen molar-refractivity contribution in [1.82, 2.24) is 10.6 Å². The molecule has 0 unspecified atom stereocenters. The number of amides is 2. The average Bonchev–Trinajstić information content (AvgIpc) is 2.88. The second kappa shape index (κ2) is 17.2. The van der Waals surface area contributed by atoms with E-state index in [1.807, 2.05) is 40.8 Å². The molecular formula is C26H44N2O10Si2. The second-order valence-corrected chi connectivity index (χ2v) is 16.0. The average molecular weight is 601 g/mol. The Hall–Kier alpha value is -2.63. The molecule has 2 amide bonds. The van der Waals surface area contributed by atoms with Gasteiger partial charge < -0.3 is 38.6 Å². The molecule has 1 aromatic carbocycles. The smallest absolute Gasteiger partial charge is 0.336 e. The van der Waals surface area contributed by atoms with Gasteiger partial charge in [-0.15, -0.1) is 0 Å². The van der Waals surface area contributed by atoms with Crippen molar-refractivity contribution < 1.29 is 47.1 Å². The molecule has 14 heteroatoms. The minimum Gasteiger partial charge on any atom is -0.478 e. The molecule has 0 saturated carbocycles. The third-order valence-corrected chi connectivity index (χ3v) is 12.2. The van der Waals surface area contributed by atoms with Crippen LogP contribution in [0.15, 0.2) is 12.1 Å². The van der Waals surface area contributed by atoms with Gasteiger partial charge >= 0.3 is 29.1 Å². The van der Waals surface area contributed by atoms with Gasteiger partial charge in [-0.1, -0.05) is 0 Å². The van der Waals surface area contributed by atoms with Crippen LogP contribution >= 0.6 is 0 Å².